The highest BCUT2D eigenvalue weighted by molar-refractivity contribution is 6.44. The maximum absolute atomic E-state index is 14.1. The number of rotatable bonds is 3. The van der Waals surface area contributed by atoms with Gasteiger partial charge in [0.1, 0.15) is 11.6 Å². The average molecular weight is 412 g/mol. The Labute approximate surface area is 170 Å². The number of amides is 2. The van der Waals surface area contributed by atoms with Crippen LogP contribution < -0.4 is 5.73 Å². The number of hydrogen-bond acceptors (Lipinski definition) is 4. The molecule has 1 aliphatic rings. The monoisotopic (exact) mass is 412 g/mol. The van der Waals surface area contributed by atoms with Gasteiger partial charge >= 0.3 is 0 Å². The van der Waals surface area contributed by atoms with Crippen LogP contribution in [0.25, 0.3) is 10.9 Å². The lowest BCUT2D eigenvalue weighted by molar-refractivity contribution is -0.127. The predicted octanol–water partition coefficient (Wildman–Crippen LogP) is 2.20. The lowest BCUT2D eigenvalue weighted by Crippen LogP contribution is -2.52. The fourth-order valence-electron chi connectivity index (χ4n) is 3.58. The second kappa shape index (κ2) is 7.58. The Hall–Kier alpha value is -3.75. The van der Waals surface area contributed by atoms with Crippen LogP contribution in [0.4, 0.5) is 14.5 Å². The summed E-state index contributed by atoms with van der Waals surface area (Å²) in [6, 6.07) is 8.45. The minimum Gasteiger partial charge on any atom is -0.399 e. The van der Waals surface area contributed by atoms with Crippen molar-refractivity contribution in [2.75, 3.05) is 31.9 Å². The predicted molar refractivity (Wildman–Crippen MR) is 106 cm³/mol. The summed E-state index contributed by atoms with van der Waals surface area (Å²) in [5, 5.41) is -0.246. The molecule has 3 aromatic rings. The van der Waals surface area contributed by atoms with E-state index in [1.807, 2.05) is 0 Å². The number of nitrogens with one attached hydrogen (secondary N) is 1. The Morgan fingerprint density at radius 3 is 2.30 bits per heavy atom. The number of nitrogens with zero attached hydrogens (tertiary/aromatic N) is 2. The molecule has 0 radical (unpaired) electrons. The van der Waals surface area contributed by atoms with Crippen molar-refractivity contribution >= 4 is 34.2 Å². The van der Waals surface area contributed by atoms with Crippen molar-refractivity contribution in [2.24, 2.45) is 0 Å². The van der Waals surface area contributed by atoms with E-state index in [1.54, 1.807) is 29.2 Å². The number of aromatic nitrogens is 1. The normalized spacial score (nSPS) is 14.2. The molecule has 9 heteroatoms. The van der Waals surface area contributed by atoms with E-state index in [4.69, 9.17) is 5.73 Å². The molecule has 0 unspecified atom stereocenters. The van der Waals surface area contributed by atoms with Gasteiger partial charge in [-0.15, -0.1) is 0 Å². The highest BCUT2D eigenvalue weighted by atomic mass is 19.1. The highest BCUT2D eigenvalue weighted by Gasteiger charge is 2.31. The number of nitrogen functional groups attached to an aromatic ring is 1. The van der Waals surface area contributed by atoms with Crippen LogP contribution in [0.15, 0.2) is 42.6 Å². The number of aromatic amines is 1. The number of H-pyrrole nitrogens is 1. The molecule has 1 saturated heterocycles. The fraction of sp³-hybridized carbons (Fsp3) is 0.190. The van der Waals surface area contributed by atoms with Crippen LogP contribution in [-0.4, -0.2) is 58.6 Å². The molecule has 2 heterocycles. The molecule has 1 aliphatic heterocycles. The summed E-state index contributed by atoms with van der Waals surface area (Å²) in [7, 11) is 0. The summed E-state index contributed by atoms with van der Waals surface area (Å²) in [6.45, 7) is 0.780. The Morgan fingerprint density at radius 1 is 0.933 bits per heavy atom. The topological polar surface area (TPSA) is 99.5 Å². The number of fused-ring (bicyclic) bond motifs is 1. The Kier molecular flexibility index (Phi) is 4.94. The first kappa shape index (κ1) is 19.6. The second-order valence-electron chi connectivity index (χ2n) is 7.02. The summed E-state index contributed by atoms with van der Waals surface area (Å²) in [6.07, 6.45) is 1.14. The van der Waals surface area contributed by atoms with Gasteiger partial charge in [0.15, 0.2) is 0 Å². The van der Waals surface area contributed by atoms with Gasteiger partial charge in [-0.05, 0) is 30.3 Å². The number of Topliss-reactive ketones (excluding diaryl/α,β-unsaturated/α-hetero) is 1. The fourth-order valence-corrected chi connectivity index (χ4v) is 3.58. The molecule has 1 fully saturated rings. The number of carbonyl (C=O) groups is 3. The minimum atomic E-state index is -0.929. The number of ketones is 1. The first-order chi connectivity index (χ1) is 14.4. The molecule has 0 aliphatic carbocycles. The largest absolute Gasteiger partial charge is 0.399 e. The van der Waals surface area contributed by atoms with Crippen LogP contribution in [0.5, 0.6) is 0 Å². The molecule has 2 amide bonds. The van der Waals surface area contributed by atoms with Gasteiger partial charge < -0.3 is 20.5 Å². The smallest absolute Gasteiger partial charge is 0.295 e. The number of piperazine rings is 1. The number of halogens is 2. The second-order valence-corrected chi connectivity index (χ2v) is 7.02. The van der Waals surface area contributed by atoms with Gasteiger partial charge in [0.05, 0.1) is 11.1 Å². The van der Waals surface area contributed by atoms with Crippen molar-refractivity contribution in [2.45, 2.75) is 0 Å². The minimum absolute atomic E-state index is 0.151. The third-order valence-electron chi connectivity index (χ3n) is 5.16. The van der Waals surface area contributed by atoms with Gasteiger partial charge in [-0.3, -0.25) is 14.4 Å². The quantitative estimate of drug-likeness (QED) is 0.391. The first-order valence-corrected chi connectivity index (χ1v) is 9.30. The number of hydrogen-bond donors (Lipinski definition) is 2. The molecule has 3 N–H and O–H groups in total. The zero-order chi connectivity index (χ0) is 21.4. The van der Waals surface area contributed by atoms with E-state index < -0.39 is 23.3 Å². The zero-order valence-corrected chi connectivity index (χ0v) is 15.8. The van der Waals surface area contributed by atoms with E-state index in [2.05, 4.69) is 4.98 Å². The molecule has 0 atom stereocenters. The van der Waals surface area contributed by atoms with Crippen LogP contribution in [0.2, 0.25) is 0 Å². The van der Waals surface area contributed by atoms with Crippen LogP contribution in [-0.2, 0) is 4.79 Å². The molecule has 30 heavy (non-hydrogen) atoms. The van der Waals surface area contributed by atoms with Gasteiger partial charge in [0.2, 0.25) is 0 Å². The Bertz CT molecular complexity index is 1170. The Morgan fingerprint density at radius 2 is 1.60 bits per heavy atom. The van der Waals surface area contributed by atoms with Crippen LogP contribution in [0, 0.1) is 11.6 Å². The maximum Gasteiger partial charge on any atom is 0.295 e. The van der Waals surface area contributed by atoms with Crippen LogP contribution in [0.1, 0.15) is 20.7 Å². The molecule has 4 rings (SSSR count). The van der Waals surface area contributed by atoms with Gasteiger partial charge in [0.25, 0.3) is 17.6 Å². The van der Waals surface area contributed by atoms with Crippen molar-refractivity contribution < 1.29 is 23.2 Å². The maximum atomic E-state index is 14.1. The molecule has 0 bridgehead atoms. The van der Waals surface area contributed by atoms with Crippen LogP contribution in [0.3, 0.4) is 0 Å². The Balaban J connectivity index is 1.47. The molecule has 0 saturated carbocycles. The van der Waals surface area contributed by atoms with E-state index in [9.17, 15) is 23.2 Å². The zero-order valence-electron chi connectivity index (χ0n) is 15.8. The molecule has 2 aromatic carbocycles. The molecule has 7 nitrogen and oxygen atoms in total. The van der Waals surface area contributed by atoms with E-state index in [0.29, 0.717) is 11.3 Å². The van der Waals surface area contributed by atoms with Crippen molar-refractivity contribution in [3.8, 4) is 0 Å². The number of carbonyl (C=O) groups excluding carboxylic acids is 3. The van der Waals surface area contributed by atoms with E-state index in [1.165, 1.54) is 4.90 Å². The van der Waals surface area contributed by atoms with Gasteiger partial charge in [0, 0.05) is 49.0 Å². The lowest BCUT2D eigenvalue weighted by atomic mass is 10.1. The van der Waals surface area contributed by atoms with Gasteiger partial charge in [-0.1, -0.05) is 6.07 Å². The van der Waals surface area contributed by atoms with E-state index >= 15 is 0 Å². The number of anilines is 1. The van der Waals surface area contributed by atoms with Gasteiger partial charge in [-0.2, -0.15) is 0 Å². The summed E-state index contributed by atoms with van der Waals surface area (Å²) >= 11 is 0. The number of nitrogens with two attached hydrogens (primary N) is 1. The van der Waals surface area contributed by atoms with Gasteiger partial charge in [-0.25, -0.2) is 8.78 Å². The lowest BCUT2D eigenvalue weighted by Gasteiger charge is -2.34. The average Bonchev–Trinajstić information content (AvgIpc) is 3.21. The summed E-state index contributed by atoms with van der Waals surface area (Å²) < 4.78 is 28.0. The standard InChI is InChI=1S/C21H18F2N4O3/c22-15-4-5-16(23)18-17(15)14(11-25-18)19(28)21(30)27-8-6-26(7-9-27)20(29)12-2-1-3-13(24)10-12/h1-5,10-11,25H,6-9,24H2. The van der Waals surface area contributed by atoms with E-state index in [0.717, 1.165) is 18.3 Å². The molecular weight excluding hydrogens is 394 g/mol. The van der Waals surface area contributed by atoms with Crippen molar-refractivity contribution in [1.82, 2.24) is 14.8 Å². The highest BCUT2D eigenvalue weighted by Crippen LogP contribution is 2.25. The number of benzene rings is 2. The van der Waals surface area contributed by atoms with Crippen molar-refractivity contribution in [1.29, 1.82) is 0 Å². The van der Waals surface area contributed by atoms with Crippen molar-refractivity contribution in [3.05, 3.63) is 65.4 Å². The molecular formula is C21H18F2N4O3. The third-order valence-corrected chi connectivity index (χ3v) is 5.16. The summed E-state index contributed by atoms with van der Waals surface area (Å²) in [5.74, 6) is -3.47. The molecule has 0 spiro atoms. The van der Waals surface area contributed by atoms with E-state index in [-0.39, 0.29) is 48.6 Å². The van der Waals surface area contributed by atoms with Crippen LogP contribution >= 0.6 is 0 Å². The van der Waals surface area contributed by atoms with Crippen molar-refractivity contribution in [3.63, 3.8) is 0 Å². The SMILES string of the molecule is Nc1cccc(C(=O)N2CCN(C(=O)C(=O)c3c[nH]c4c(F)ccc(F)c34)CC2)c1. The molecule has 154 valence electrons. The molecule has 1 aromatic heterocycles. The summed E-state index contributed by atoms with van der Waals surface area (Å²) in [5.41, 5.74) is 6.25. The summed E-state index contributed by atoms with van der Waals surface area (Å²) in [4.78, 5) is 43.3. The third kappa shape index (κ3) is 3.38. The first-order valence-electron chi connectivity index (χ1n) is 9.30.